The monoisotopic (exact) mass is 330 g/mol. The fraction of sp³-hybridized carbons (Fsp3) is 0.412. The minimum atomic E-state index is 0.110. The van der Waals surface area contributed by atoms with Gasteiger partial charge in [0.15, 0.2) is 0 Å². The molecule has 0 bridgehead atoms. The van der Waals surface area contributed by atoms with Crippen LogP contribution in [0.3, 0.4) is 0 Å². The first-order valence-electron chi connectivity index (χ1n) is 7.82. The number of nitrogens with zero attached hydrogens (tertiary/aromatic N) is 3. The van der Waals surface area contributed by atoms with E-state index in [1.54, 1.807) is 10.9 Å². The standard InChI is InChI=1S/C17H22N4OS/c1-12-9-21(10-13(2)23-12)17(22)14-5-4-6-15(7-14)19-16-8-18-20(3)11-16/h4-8,11-13,19H,9-10H2,1-3H3/t12-,13-/m1/s1. The molecule has 1 N–H and O–H groups in total. The Morgan fingerprint density at radius 3 is 2.65 bits per heavy atom. The molecule has 0 saturated carbocycles. The van der Waals surface area contributed by atoms with Crippen LogP contribution in [-0.2, 0) is 7.05 Å². The fourth-order valence-corrected chi connectivity index (χ4v) is 4.23. The summed E-state index contributed by atoms with van der Waals surface area (Å²) in [6, 6.07) is 7.67. The first kappa shape index (κ1) is 15.9. The summed E-state index contributed by atoms with van der Waals surface area (Å²) < 4.78 is 1.74. The van der Waals surface area contributed by atoms with Gasteiger partial charge in [-0.05, 0) is 18.2 Å². The van der Waals surface area contributed by atoms with Gasteiger partial charge < -0.3 is 10.2 Å². The summed E-state index contributed by atoms with van der Waals surface area (Å²) >= 11 is 1.95. The Hall–Kier alpha value is -1.95. The Kier molecular flexibility index (Phi) is 4.61. The molecular formula is C17H22N4OS. The molecule has 0 radical (unpaired) electrons. The van der Waals surface area contributed by atoms with E-state index in [0.717, 1.165) is 30.0 Å². The van der Waals surface area contributed by atoms with E-state index in [1.165, 1.54) is 0 Å². The smallest absolute Gasteiger partial charge is 0.254 e. The molecule has 2 aromatic rings. The van der Waals surface area contributed by atoms with Gasteiger partial charge in [-0.2, -0.15) is 16.9 Å². The second kappa shape index (κ2) is 6.66. The van der Waals surface area contributed by atoms with Gasteiger partial charge in [-0.1, -0.05) is 19.9 Å². The van der Waals surface area contributed by atoms with E-state index in [0.29, 0.717) is 10.5 Å². The number of anilines is 2. The lowest BCUT2D eigenvalue weighted by Crippen LogP contribution is -2.44. The van der Waals surface area contributed by atoms with Gasteiger partial charge in [0.2, 0.25) is 0 Å². The number of amides is 1. The Bertz CT molecular complexity index is 689. The van der Waals surface area contributed by atoms with Crippen LogP contribution in [0.5, 0.6) is 0 Å². The van der Waals surface area contributed by atoms with Crippen molar-refractivity contribution in [2.45, 2.75) is 24.3 Å². The molecule has 2 atom stereocenters. The number of benzene rings is 1. The minimum absolute atomic E-state index is 0.110. The highest BCUT2D eigenvalue weighted by Crippen LogP contribution is 2.26. The Labute approximate surface area is 141 Å². The van der Waals surface area contributed by atoms with E-state index in [-0.39, 0.29) is 5.91 Å². The molecule has 0 aliphatic carbocycles. The quantitative estimate of drug-likeness (QED) is 0.939. The van der Waals surface area contributed by atoms with Crippen LogP contribution >= 0.6 is 11.8 Å². The minimum Gasteiger partial charge on any atom is -0.353 e. The maximum absolute atomic E-state index is 12.8. The molecule has 0 unspecified atom stereocenters. The third-order valence-electron chi connectivity index (χ3n) is 3.81. The summed E-state index contributed by atoms with van der Waals surface area (Å²) in [5, 5.41) is 8.39. The average molecular weight is 330 g/mol. The van der Waals surface area contributed by atoms with Crippen molar-refractivity contribution in [3.05, 3.63) is 42.2 Å². The van der Waals surface area contributed by atoms with E-state index >= 15 is 0 Å². The molecule has 1 aliphatic rings. The van der Waals surface area contributed by atoms with Crippen molar-refractivity contribution in [3.63, 3.8) is 0 Å². The molecule has 1 aromatic carbocycles. The fourth-order valence-electron chi connectivity index (χ4n) is 2.91. The van der Waals surface area contributed by atoms with Gasteiger partial charge in [0, 0.05) is 48.1 Å². The predicted molar refractivity (Wildman–Crippen MR) is 95.4 cm³/mol. The molecule has 6 heteroatoms. The molecule has 5 nitrogen and oxygen atoms in total. The number of hydrogen-bond acceptors (Lipinski definition) is 4. The average Bonchev–Trinajstić information content (AvgIpc) is 2.91. The van der Waals surface area contributed by atoms with Gasteiger partial charge in [-0.15, -0.1) is 0 Å². The number of nitrogens with one attached hydrogen (secondary N) is 1. The van der Waals surface area contributed by atoms with Crippen LogP contribution in [0.15, 0.2) is 36.7 Å². The number of hydrogen-bond donors (Lipinski definition) is 1. The molecule has 1 saturated heterocycles. The van der Waals surface area contributed by atoms with Crippen LogP contribution < -0.4 is 5.32 Å². The zero-order chi connectivity index (χ0) is 16.4. The van der Waals surface area contributed by atoms with E-state index < -0.39 is 0 Å². The van der Waals surface area contributed by atoms with Crippen molar-refractivity contribution in [1.82, 2.24) is 14.7 Å². The lowest BCUT2D eigenvalue weighted by Gasteiger charge is -2.34. The van der Waals surface area contributed by atoms with Crippen molar-refractivity contribution >= 4 is 29.0 Å². The Morgan fingerprint density at radius 2 is 2.00 bits per heavy atom. The van der Waals surface area contributed by atoms with Crippen molar-refractivity contribution in [1.29, 1.82) is 0 Å². The van der Waals surface area contributed by atoms with Crippen molar-refractivity contribution in [2.75, 3.05) is 18.4 Å². The molecule has 0 spiro atoms. The van der Waals surface area contributed by atoms with Gasteiger partial charge in [-0.3, -0.25) is 9.48 Å². The van der Waals surface area contributed by atoms with Crippen molar-refractivity contribution < 1.29 is 4.79 Å². The van der Waals surface area contributed by atoms with E-state index in [2.05, 4.69) is 24.3 Å². The van der Waals surface area contributed by atoms with Crippen LogP contribution in [0.25, 0.3) is 0 Å². The van der Waals surface area contributed by atoms with Crippen molar-refractivity contribution in [2.24, 2.45) is 7.05 Å². The second-order valence-corrected chi connectivity index (χ2v) is 7.96. The van der Waals surface area contributed by atoms with Gasteiger partial charge in [-0.25, -0.2) is 0 Å². The lowest BCUT2D eigenvalue weighted by molar-refractivity contribution is 0.0753. The predicted octanol–water partition coefficient (Wildman–Crippen LogP) is 3.13. The van der Waals surface area contributed by atoms with Gasteiger partial charge in [0.1, 0.15) is 0 Å². The molecule has 1 fully saturated rings. The highest BCUT2D eigenvalue weighted by Gasteiger charge is 2.26. The maximum Gasteiger partial charge on any atom is 0.254 e. The molecule has 2 heterocycles. The number of aryl methyl sites for hydroxylation is 1. The van der Waals surface area contributed by atoms with Crippen LogP contribution in [-0.4, -0.2) is 44.2 Å². The third-order valence-corrected chi connectivity index (χ3v) is 5.04. The highest BCUT2D eigenvalue weighted by atomic mass is 32.2. The van der Waals surface area contributed by atoms with E-state index in [4.69, 9.17) is 0 Å². The number of rotatable bonds is 3. The SMILES string of the molecule is C[C@@H]1CN(C(=O)c2cccc(Nc3cnn(C)c3)c2)C[C@@H](C)S1. The van der Waals surface area contributed by atoms with Crippen LogP contribution in [0.2, 0.25) is 0 Å². The molecule has 122 valence electrons. The van der Waals surface area contributed by atoms with Crippen LogP contribution in [0, 0.1) is 0 Å². The number of carbonyl (C=O) groups excluding carboxylic acids is 1. The number of thioether (sulfide) groups is 1. The Balaban J connectivity index is 1.75. The molecule has 1 aliphatic heterocycles. The zero-order valence-corrected chi connectivity index (χ0v) is 14.5. The Morgan fingerprint density at radius 1 is 1.26 bits per heavy atom. The maximum atomic E-state index is 12.8. The second-order valence-electron chi connectivity index (χ2n) is 6.08. The third kappa shape index (κ3) is 3.88. The normalized spacial score (nSPS) is 21.3. The lowest BCUT2D eigenvalue weighted by atomic mass is 10.1. The number of aromatic nitrogens is 2. The summed E-state index contributed by atoms with van der Waals surface area (Å²) in [7, 11) is 1.88. The highest BCUT2D eigenvalue weighted by molar-refractivity contribution is 8.00. The summed E-state index contributed by atoms with van der Waals surface area (Å²) in [6.45, 7) is 5.99. The zero-order valence-electron chi connectivity index (χ0n) is 13.7. The molecule has 23 heavy (non-hydrogen) atoms. The van der Waals surface area contributed by atoms with Gasteiger partial charge >= 0.3 is 0 Å². The van der Waals surface area contributed by atoms with Crippen LogP contribution in [0.1, 0.15) is 24.2 Å². The van der Waals surface area contributed by atoms with Crippen LogP contribution in [0.4, 0.5) is 11.4 Å². The molecule has 1 amide bonds. The first-order valence-corrected chi connectivity index (χ1v) is 8.76. The number of carbonyl (C=O) groups is 1. The van der Waals surface area contributed by atoms with E-state index in [9.17, 15) is 4.79 Å². The first-order chi connectivity index (χ1) is 11.0. The van der Waals surface area contributed by atoms with Gasteiger partial charge in [0.05, 0.1) is 11.9 Å². The topological polar surface area (TPSA) is 50.2 Å². The van der Waals surface area contributed by atoms with E-state index in [1.807, 2.05) is 54.2 Å². The summed E-state index contributed by atoms with van der Waals surface area (Å²) in [5.74, 6) is 0.110. The summed E-state index contributed by atoms with van der Waals surface area (Å²) in [6.07, 6.45) is 3.67. The van der Waals surface area contributed by atoms with Crippen molar-refractivity contribution in [3.8, 4) is 0 Å². The summed E-state index contributed by atoms with van der Waals surface area (Å²) in [5.41, 5.74) is 2.54. The molecule has 3 rings (SSSR count). The summed E-state index contributed by atoms with van der Waals surface area (Å²) in [4.78, 5) is 14.7. The molecule has 1 aromatic heterocycles. The molecular weight excluding hydrogens is 308 g/mol. The van der Waals surface area contributed by atoms with Gasteiger partial charge in [0.25, 0.3) is 5.91 Å². The largest absolute Gasteiger partial charge is 0.353 e.